The van der Waals surface area contributed by atoms with Gasteiger partial charge in [-0.15, -0.1) is 11.3 Å². The molecule has 2 nitrogen and oxygen atoms in total. The fourth-order valence-electron chi connectivity index (χ4n) is 1.50. The summed E-state index contributed by atoms with van der Waals surface area (Å²) in [7, 11) is 0. The standard InChI is InChI=1S/C11H19NOS/c1-9(2)8-10(12-5-6-13)11-4-3-7-14-11/h3-4,7,9-10,12-13H,5-6,8H2,1-2H3. The molecule has 14 heavy (non-hydrogen) atoms. The Morgan fingerprint density at radius 2 is 2.29 bits per heavy atom. The molecule has 1 atom stereocenters. The Balaban J connectivity index is 2.53. The molecule has 3 heteroatoms. The maximum atomic E-state index is 8.79. The molecule has 1 aromatic heterocycles. The average molecular weight is 213 g/mol. The second-order valence-electron chi connectivity index (χ2n) is 3.88. The summed E-state index contributed by atoms with van der Waals surface area (Å²) in [5, 5.41) is 14.3. The van der Waals surface area contributed by atoms with Gasteiger partial charge in [0.05, 0.1) is 6.61 Å². The maximum Gasteiger partial charge on any atom is 0.0556 e. The van der Waals surface area contributed by atoms with E-state index in [1.807, 2.05) is 0 Å². The Hall–Kier alpha value is -0.380. The van der Waals surface area contributed by atoms with Crippen molar-refractivity contribution in [2.24, 2.45) is 5.92 Å². The molecule has 1 unspecified atom stereocenters. The van der Waals surface area contributed by atoms with Crippen LogP contribution in [0.15, 0.2) is 17.5 Å². The van der Waals surface area contributed by atoms with Gasteiger partial charge in [-0.3, -0.25) is 0 Å². The molecule has 0 aliphatic heterocycles. The molecule has 0 saturated carbocycles. The molecular weight excluding hydrogens is 194 g/mol. The van der Waals surface area contributed by atoms with Crippen LogP contribution in [0.25, 0.3) is 0 Å². The molecule has 2 N–H and O–H groups in total. The third-order valence-electron chi connectivity index (χ3n) is 2.10. The Morgan fingerprint density at radius 3 is 2.79 bits per heavy atom. The fourth-order valence-corrected chi connectivity index (χ4v) is 2.32. The van der Waals surface area contributed by atoms with Crippen molar-refractivity contribution in [1.29, 1.82) is 0 Å². The first kappa shape index (κ1) is 11.7. The molecule has 0 amide bonds. The van der Waals surface area contributed by atoms with Gasteiger partial charge in [0.2, 0.25) is 0 Å². The minimum atomic E-state index is 0.208. The fraction of sp³-hybridized carbons (Fsp3) is 0.636. The Morgan fingerprint density at radius 1 is 1.50 bits per heavy atom. The van der Waals surface area contributed by atoms with Crippen molar-refractivity contribution < 1.29 is 5.11 Å². The van der Waals surface area contributed by atoms with E-state index in [-0.39, 0.29) is 6.61 Å². The van der Waals surface area contributed by atoms with Crippen LogP contribution in [0, 0.1) is 5.92 Å². The highest BCUT2D eigenvalue weighted by atomic mass is 32.1. The monoisotopic (exact) mass is 213 g/mol. The predicted molar refractivity (Wildman–Crippen MR) is 61.6 cm³/mol. The van der Waals surface area contributed by atoms with E-state index >= 15 is 0 Å². The van der Waals surface area contributed by atoms with Gasteiger partial charge in [0.1, 0.15) is 0 Å². The molecule has 0 aliphatic carbocycles. The van der Waals surface area contributed by atoms with Gasteiger partial charge >= 0.3 is 0 Å². The average Bonchev–Trinajstić information content (AvgIpc) is 2.64. The van der Waals surface area contributed by atoms with Crippen LogP contribution >= 0.6 is 11.3 Å². The lowest BCUT2D eigenvalue weighted by molar-refractivity contribution is 0.279. The summed E-state index contributed by atoms with van der Waals surface area (Å²) in [6.45, 7) is 5.33. The quantitative estimate of drug-likeness (QED) is 0.760. The summed E-state index contributed by atoms with van der Waals surface area (Å²) in [5.41, 5.74) is 0. The smallest absolute Gasteiger partial charge is 0.0556 e. The molecular formula is C11H19NOS. The Bertz CT molecular complexity index is 233. The summed E-state index contributed by atoms with van der Waals surface area (Å²) < 4.78 is 0. The molecule has 0 spiro atoms. The van der Waals surface area contributed by atoms with Gasteiger partial charge in [0.15, 0.2) is 0 Å². The van der Waals surface area contributed by atoms with Crippen LogP contribution in [-0.4, -0.2) is 18.3 Å². The summed E-state index contributed by atoms with van der Waals surface area (Å²) >= 11 is 1.78. The second-order valence-corrected chi connectivity index (χ2v) is 4.85. The Labute approximate surface area is 90.0 Å². The van der Waals surface area contributed by atoms with Crippen molar-refractivity contribution in [3.8, 4) is 0 Å². The van der Waals surface area contributed by atoms with E-state index in [9.17, 15) is 0 Å². The van der Waals surface area contributed by atoms with Crippen molar-refractivity contribution >= 4 is 11.3 Å². The summed E-state index contributed by atoms with van der Waals surface area (Å²) in [5.74, 6) is 0.674. The first-order valence-electron chi connectivity index (χ1n) is 5.11. The van der Waals surface area contributed by atoms with Crippen LogP contribution in [-0.2, 0) is 0 Å². The highest BCUT2D eigenvalue weighted by Gasteiger charge is 2.12. The number of hydrogen-bond acceptors (Lipinski definition) is 3. The van der Waals surface area contributed by atoms with Crippen molar-refractivity contribution in [3.63, 3.8) is 0 Å². The molecule has 0 aromatic carbocycles. The van der Waals surface area contributed by atoms with Gasteiger partial charge in [-0.2, -0.15) is 0 Å². The molecule has 0 bridgehead atoms. The van der Waals surface area contributed by atoms with Gasteiger partial charge in [-0.1, -0.05) is 19.9 Å². The molecule has 0 aliphatic rings. The minimum absolute atomic E-state index is 0.208. The van der Waals surface area contributed by atoms with E-state index in [1.165, 1.54) is 4.88 Å². The van der Waals surface area contributed by atoms with Crippen molar-refractivity contribution in [3.05, 3.63) is 22.4 Å². The predicted octanol–water partition coefficient (Wildman–Crippen LogP) is 2.42. The van der Waals surface area contributed by atoms with E-state index in [4.69, 9.17) is 5.11 Å². The molecule has 0 radical (unpaired) electrons. The van der Waals surface area contributed by atoms with Crippen LogP contribution in [0.2, 0.25) is 0 Å². The molecule has 0 saturated heterocycles. The third-order valence-corrected chi connectivity index (χ3v) is 3.08. The first-order chi connectivity index (χ1) is 6.74. The number of thiophene rings is 1. The van der Waals surface area contributed by atoms with E-state index in [1.54, 1.807) is 11.3 Å². The number of aliphatic hydroxyl groups excluding tert-OH is 1. The van der Waals surface area contributed by atoms with E-state index < -0.39 is 0 Å². The number of aliphatic hydroxyl groups is 1. The normalized spacial score (nSPS) is 13.4. The lowest BCUT2D eigenvalue weighted by Crippen LogP contribution is -2.25. The zero-order chi connectivity index (χ0) is 10.4. The zero-order valence-corrected chi connectivity index (χ0v) is 9.68. The maximum absolute atomic E-state index is 8.79. The van der Waals surface area contributed by atoms with Crippen LogP contribution in [0.5, 0.6) is 0 Å². The molecule has 0 fully saturated rings. The van der Waals surface area contributed by atoms with Crippen LogP contribution in [0.1, 0.15) is 31.2 Å². The Kier molecular flexibility index (Phi) is 5.15. The summed E-state index contributed by atoms with van der Waals surface area (Å²) in [4.78, 5) is 1.37. The SMILES string of the molecule is CC(C)CC(NCCO)c1cccs1. The molecule has 80 valence electrons. The largest absolute Gasteiger partial charge is 0.395 e. The van der Waals surface area contributed by atoms with Crippen LogP contribution in [0.3, 0.4) is 0 Å². The van der Waals surface area contributed by atoms with Crippen LogP contribution in [0.4, 0.5) is 0 Å². The van der Waals surface area contributed by atoms with E-state index in [0.29, 0.717) is 18.5 Å². The second kappa shape index (κ2) is 6.17. The van der Waals surface area contributed by atoms with E-state index in [2.05, 4.69) is 36.7 Å². The molecule has 1 rings (SSSR count). The first-order valence-corrected chi connectivity index (χ1v) is 5.99. The minimum Gasteiger partial charge on any atom is -0.395 e. The zero-order valence-electron chi connectivity index (χ0n) is 8.86. The third kappa shape index (κ3) is 3.78. The summed E-state index contributed by atoms with van der Waals surface area (Å²) in [6.07, 6.45) is 1.13. The highest BCUT2D eigenvalue weighted by molar-refractivity contribution is 7.10. The number of hydrogen-bond donors (Lipinski definition) is 2. The molecule has 1 heterocycles. The van der Waals surface area contributed by atoms with Crippen molar-refractivity contribution in [2.45, 2.75) is 26.3 Å². The van der Waals surface area contributed by atoms with Crippen molar-refractivity contribution in [2.75, 3.05) is 13.2 Å². The van der Waals surface area contributed by atoms with E-state index in [0.717, 1.165) is 6.42 Å². The lowest BCUT2D eigenvalue weighted by Gasteiger charge is -2.18. The van der Waals surface area contributed by atoms with Crippen LogP contribution < -0.4 is 5.32 Å². The van der Waals surface area contributed by atoms with Crippen molar-refractivity contribution in [1.82, 2.24) is 5.32 Å². The van der Waals surface area contributed by atoms with Gasteiger partial charge in [-0.25, -0.2) is 0 Å². The van der Waals surface area contributed by atoms with Gasteiger partial charge < -0.3 is 10.4 Å². The van der Waals surface area contributed by atoms with Gasteiger partial charge in [0.25, 0.3) is 0 Å². The molecule has 1 aromatic rings. The highest BCUT2D eigenvalue weighted by Crippen LogP contribution is 2.24. The van der Waals surface area contributed by atoms with Gasteiger partial charge in [-0.05, 0) is 23.8 Å². The topological polar surface area (TPSA) is 32.3 Å². The summed E-state index contributed by atoms with van der Waals surface area (Å²) in [6, 6.07) is 4.64. The lowest BCUT2D eigenvalue weighted by atomic mass is 10.0. The number of nitrogens with one attached hydrogen (secondary N) is 1. The van der Waals surface area contributed by atoms with Gasteiger partial charge in [0, 0.05) is 17.5 Å². The number of rotatable bonds is 6.